The number of hydrogen-bond donors (Lipinski definition) is 1. The molecule has 0 atom stereocenters. The van der Waals surface area contributed by atoms with Gasteiger partial charge in [0, 0.05) is 5.56 Å². The third-order valence-corrected chi connectivity index (χ3v) is 3.50. The quantitative estimate of drug-likeness (QED) is 0.790. The summed E-state index contributed by atoms with van der Waals surface area (Å²) in [6, 6.07) is 7.72. The van der Waals surface area contributed by atoms with Crippen LogP contribution in [-0.2, 0) is 11.2 Å². The van der Waals surface area contributed by atoms with Gasteiger partial charge in [0.25, 0.3) is 0 Å². The average Bonchev–Trinajstić information content (AvgIpc) is 2.40. The van der Waals surface area contributed by atoms with E-state index in [-0.39, 0.29) is 5.91 Å². The maximum absolute atomic E-state index is 12.2. The molecule has 1 fully saturated rings. The lowest BCUT2D eigenvalue weighted by Gasteiger charge is -2.30. The van der Waals surface area contributed by atoms with Crippen LogP contribution in [0.25, 0.3) is 0 Å². The van der Waals surface area contributed by atoms with Crippen molar-refractivity contribution in [2.75, 3.05) is 40.3 Å². The van der Waals surface area contributed by atoms with Crippen molar-refractivity contribution in [1.29, 1.82) is 0 Å². The van der Waals surface area contributed by atoms with Gasteiger partial charge in [-0.05, 0) is 6.07 Å². The predicted octanol–water partition coefficient (Wildman–Crippen LogP) is -0.405. The largest absolute Gasteiger partial charge is 0.496 e. The van der Waals surface area contributed by atoms with Crippen LogP contribution in [0.1, 0.15) is 5.56 Å². The van der Waals surface area contributed by atoms with Gasteiger partial charge in [-0.2, -0.15) is 0 Å². The minimum atomic E-state index is 0.201. The van der Waals surface area contributed by atoms with E-state index in [0.717, 1.165) is 37.5 Å². The molecule has 0 unspecified atom stereocenters. The van der Waals surface area contributed by atoms with E-state index in [2.05, 4.69) is 7.05 Å². The molecule has 1 aromatic carbocycles. The number of methoxy groups -OCH3 is 1. The minimum absolute atomic E-state index is 0.201. The SMILES string of the molecule is COc1ccccc1CC(=O)N1CC[NH+](C)CC1. The fourth-order valence-electron chi connectivity index (χ4n) is 2.26. The molecule has 2 rings (SSSR count). The van der Waals surface area contributed by atoms with Gasteiger partial charge < -0.3 is 14.5 Å². The highest BCUT2D eigenvalue weighted by molar-refractivity contribution is 5.79. The van der Waals surface area contributed by atoms with E-state index in [9.17, 15) is 4.79 Å². The Bertz CT molecular complexity index is 412. The summed E-state index contributed by atoms with van der Waals surface area (Å²) in [4.78, 5) is 15.7. The summed E-state index contributed by atoms with van der Waals surface area (Å²) in [6.45, 7) is 3.80. The Hall–Kier alpha value is -1.55. The normalized spacial score (nSPS) is 16.7. The summed E-state index contributed by atoms with van der Waals surface area (Å²) in [5.41, 5.74) is 0.969. The Labute approximate surface area is 108 Å². The maximum atomic E-state index is 12.2. The van der Waals surface area contributed by atoms with Crippen LogP contribution in [0.15, 0.2) is 24.3 Å². The average molecular weight is 249 g/mol. The highest BCUT2D eigenvalue weighted by Gasteiger charge is 2.21. The standard InChI is InChI=1S/C14H20N2O2/c1-15-7-9-16(10-8-15)14(17)11-12-5-3-4-6-13(12)18-2/h3-6H,7-11H2,1-2H3/p+1. The van der Waals surface area contributed by atoms with E-state index in [1.54, 1.807) is 7.11 Å². The van der Waals surface area contributed by atoms with Crippen molar-refractivity contribution in [2.45, 2.75) is 6.42 Å². The van der Waals surface area contributed by atoms with Crippen LogP contribution in [0.2, 0.25) is 0 Å². The molecule has 4 nitrogen and oxygen atoms in total. The minimum Gasteiger partial charge on any atom is -0.496 e. The molecule has 18 heavy (non-hydrogen) atoms. The first-order valence-electron chi connectivity index (χ1n) is 6.41. The fourth-order valence-corrected chi connectivity index (χ4v) is 2.26. The number of benzene rings is 1. The molecule has 4 heteroatoms. The number of carbonyl (C=O) groups excluding carboxylic acids is 1. The van der Waals surface area contributed by atoms with Gasteiger partial charge in [-0.25, -0.2) is 0 Å². The van der Waals surface area contributed by atoms with Crippen LogP contribution in [-0.4, -0.2) is 51.1 Å². The Kier molecular flexibility index (Phi) is 4.20. The van der Waals surface area contributed by atoms with Crippen molar-refractivity contribution in [3.8, 4) is 5.75 Å². The van der Waals surface area contributed by atoms with Crippen molar-refractivity contribution in [3.63, 3.8) is 0 Å². The first-order valence-corrected chi connectivity index (χ1v) is 6.41. The number of likely N-dealkylation sites (N-methyl/N-ethyl adjacent to an activating group) is 1. The molecule has 0 spiro atoms. The highest BCUT2D eigenvalue weighted by atomic mass is 16.5. The smallest absolute Gasteiger partial charge is 0.227 e. The summed E-state index contributed by atoms with van der Waals surface area (Å²) in [7, 11) is 3.81. The molecule has 98 valence electrons. The van der Waals surface area contributed by atoms with Gasteiger partial charge in [0.1, 0.15) is 5.75 Å². The second kappa shape index (κ2) is 5.87. The number of carbonyl (C=O) groups is 1. The van der Waals surface area contributed by atoms with Crippen molar-refractivity contribution in [1.82, 2.24) is 4.90 Å². The fraction of sp³-hybridized carbons (Fsp3) is 0.500. The molecule has 0 saturated carbocycles. The third-order valence-electron chi connectivity index (χ3n) is 3.50. The van der Waals surface area contributed by atoms with E-state index in [1.807, 2.05) is 29.2 Å². The second-order valence-electron chi connectivity index (χ2n) is 4.83. The number of nitrogens with one attached hydrogen (secondary N) is 1. The number of quaternary nitrogens is 1. The molecule has 1 saturated heterocycles. The summed E-state index contributed by atoms with van der Waals surface area (Å²) in [5, 5.41) is 0. The van der Waals surface area contributed by atoms with Gasteiger partial charge in [0.2, 0.25) is 5.91 Å². The van der Waals surface area contributed by atoms with Crippen LogP contribution in [0.4, 0.5) is 0 Å². The van der Waals surface area contributed by atoms with Crippen molar-refractivity contribution < 1.29 is 14.4 Å². The van der Waals surface area contributed by atoms with Crippen LogP contribution in [0.5, 0.6) is 5.75 Å². The maximum Gasteiger partial charge on any atom is 0.227 e. The zero-order valence-electron chi connectivity index (χ0n) is 11.1. The van der Waals surface area contributed by atoms with E-state index >= 15 is 0 Å². The Morgan fingerprint density at radius 2 is 2.00 bits per heavy atom. The highest BCUT2D eigenvalue weighted by Crippen LogP contribution is 2.18. The molecule has 1 N–H and O–H groups in total. The van der Waals surface area contributed by atoms with Crippen LogP contribution < -0.4 is 9.64 Å². The number of rotatable bonds is 3. The number of para-hydroxylation sites is 1. The van der Waals surface area contributed by atoms with Crippen molar-refractivity contribution >= 4 is 5.91 Å². The molecular weight excluding hydrogens is 228 g/mol. The molecule has 0 bridgehead atoms. The monoisotopic (exact) mass is 249 g/mol. The first-order chi connectivity index (χ1) is 8.70. The number of ether oxygens (including phenoxy) is 1. The number of piperazine rings is 1. The number of amides is 1. The molecular formula is C14H21N2O2+. The first kappa shape index (κ1) is 12.9. The van der Waals surface area contributed by atoms with Crippen molar-refractivity contribution in [3.05, 3.63) is 29.8 Å². The molecule has 1 aliphatic heterocycles. The van der Waals surface area contributed by atoms with E-state index < -0.39 is 0 Å². The summed E-state index contributed by atoms with van der Waals surface area (Å²) < 4.78 is 5.28. The van der Waals surface area contributed by atoms with Gasteiger partial charge in [0.15, 0.2) is 0 Å². The molecule has 0 aromatic heterocycles. The Morgan fingerprint density at radius 3 is 2.67 bits per heavy atom. The lowest BCUT2D eigenvalue weighted by Crippen LogP contribution is -3.12. The second-order valence-corrected chi connectivity index (χ2v) is 4.83. The van der Waals surface area contributed by atoms with Crippen LogP contribution in [0.3, 0.4) is 0 Å². The zero-order valence-corrected chi connectivity index (χ0v) is 11.1. The topological polar surface area (TPSA) is 34.0 Å². The molecule has 1 aliphatic rings. The number of hydrogen-bond acceptors (Lipinski definition) is 2. The van der Waals surface area contributed by atoms with Gasteiger partial charge >= 0.3 is 0 Å². The van der Waals surface area contributed by atoms with Crippen LogP contribution >= 0.6 is 0 Å². The summed E-state index contributed by atoms with van der Waals surface area (Å²) in [5.74, 6) is 0.998. The Balaban J connectivity index is 1.98. The molecule has 1 heterocycles. The van der Waals surface area contributed by atoms with E-state index in [4.69, 9.17) is 4.74 Å². The lowest BCUT2D eigenvalue weighted by atomic mass is 10.1. The van der Waals surface area contributed by atoms with Gasteiger partial charge in [0.05, 0.1) is 46.8 Å². The van der Waals surface area contributed by atoms with Crippen molar-refractivity contribution in [2.24, 2.45) is 0 Å². The van der Waals surface area contributed by atoms with Gasteiger partial charge in [-0.3, -0.25) is 4.79 Å². The molecule has 0 radical (unpaired) electrons. The van der Waals surface area contributed by atoms with E-state index in [0.29, 0.717) is 6.42 Å². The van der Waals surface area contributed by atoms with Crippen LogP contribution in [0, 0.1) is 0 Å². The van der Waals surface area contributed by atoms with E-state index in [1.165, 1.54) is 4.90 Å². The molecule has 1 aromatic rings. The number of nitrogens with zero attached hydrogens (tertiary/aromatic N) is 1. The summed E-state index contributed by atoms with van der Waals surface area (Å²) >= 11 is 0. The molecule has 0 aliphatic carbocycles. The third kappa shape index (κ3) is 3.01. The lowest BCUT2D eigenvalue weighted by molar-refractivity contribution is -0.883. The predicted molar refractivity (Wildman–Crippen MR) is 69.9 cm³/mol. The summed E-state index contributed by atoms with van der Waals surface area (Å²) in [6.07, 6.45) is 0.434. The molecule has 1 amide bonds. The van der Waals surface area contributed by atoms with Gasteiger partial charge in [-0.1, -0.05) is 18.2 Å². The Morgan fingerprint density at radius 1 is 1.33 bits per heavy atom. The van der Waals surface area contributed by atoms with Gasteiger partial charge in [-0.15, -0.1) is 0 Å². The zero-order chi connectivity index (χ0) is 13.0.